The Balaban J connectivity index is 2.57. The first-order chi connectivity index (χ1) is 12.5. The third kappa shape index (κ3) is 4.29. The molecule has 0 fully saturated rings. The largest absolute Gasteiger partial charge is 0.397 e. The van der Waals surface area contributed by atoms with Crippen molar-refractivity contribution in [1.29, 1.82) is 5.26 Å². The van der Waals surface area contributed by atoms with Gasteiger partial charge in [0, 0.05) is 17.3 Å². The summed E-state index contributed by atoms with van der Waals surface area (Å²) in [4.78, 5) is 19.7. The van der Waals surface area contributed by atoms with Crippen molar-refractivity contribution >= 4 is 34.7 Å². The third-order valence-electron chi connectivity index (χ3n) is 3.80. The number of halogens is 1. The highest BCUT2D eigenvalue weighted by Gasteiger charge is 2.21. The Kier molecular flexibility index (Phi) is 6.53. The van der Waals surface area contributed by atoms with Gasteiger partial charge in [0.1, 0.15) is 0 Å². The molecule has 134 valence electrons. The summed E-state index contributed by atoms with van der Waals surface area (Å²) >= 11 is 6.43. The molecule has 0 spiro atoms. The van der Waals surface area contributed by atoms with E-state index in [0.29, 0.717) is 23.2 Å². The van der Waals surface area contributed by atoms with E-state index >= 15 is 0 Å². The average Bonchev–Trinajstić information content (AvgIpc) is 2.63. The number of anilines is 2. The van der Waals surface area contributed by atoms with E-state index in [2.05, 4.69) is 15.3 Å². The summed E-state index contributed by atoms with van der Waals surface area (Å²) in [5.41, 5.74) is 13.8. The Labute approximate surface area is 156 Å². The summed E-state index contributed by atoms with van der Waals surface area (Å²) in [5, 5.41) is 12.2. The van der Waals surface area contributed by atoms with Gasteiger partial charge in [-0.25, -0.2) is 0 Å². The molecule has 0 aliphatic carbocycles. The van der Waals surface area contributed by atoms with Crippen LogP contribution in [0.25, 0.3) is 0 Å². The number of benzene rings is 1. The summed E-state index contributed by atoms with van der Waals surface area (Å²) in [6.45, 7) is 2.03. The number of carbonyl (C=O) groups is 1. The summed E-state index contributed by atoms with van der Waals surface area (Å²) in [5.74, 6) is -0.458. The van der Waals surface area contributed by atoms with Gasteiger partial charge in [-0.2, -0.15) is 10.3 Å². The number of amides is 1. The summed E-state index contributed by atoms with van der Waals surface area (Å²) < 4.78 is 0. The molecule has 1 amide bonds. The molecule has 0 aliphatic rings. The fourth-order valence-electron chi connectivity index (χ4n) is 2.51. The highest BCUT2D eigenvalue weighted by Crippen LogP contribution is 2.32. The molecule has 0 unspecified atom stereocenters. The predicted molar refractivity (Wildman–Crippen MR) is 103 cm³/mol. The maximum absolute atomic E-state index is 11.9. The molecule has 0 bridgehead atoms. The molecule has 0 atom stereocenters. The summed E-state index contributed by atoms with van der Waals surface area (Å²) in [6, 6.07) is 5.00. The lowest BCUT2D eigenvalue weighted by Crippen LogP contribution is -2.20. The molecule has 5 N–H and O–H groups in total. The first-order valence-electron chi connectivity index (χ1n) is 8.04. The first kappa shape index (κ1) is 19.2. The van der Waals surface area contributed by atoms with Gasteiger partial charge in [0.15, 0.2) is 5.84 Å². The van der Waals surface area contributed by atoms with Crippen LogP contribution >= 0.6 is 11.6 Å². The number of carbonyl (C=O) groups excluding carboxylic acids is 1. The number of nitrogens with one attached hydrogen (secondary N) is 1. The zero-order valence-electron chi connectivity index (χ0n) is 14.3. The molecule has 1 aromatic heterocycles. The Bertz CT molecular complexity index is 873. The van der Waals surface area contributed by atoms with Crippen molar-refractivity contribution < 1.29 is 4.79 Å². The van der Waals surface area contributed by atoms with Crippen LogP contribution in [0.2, 0.25) is 5.02 Å². The number of nitriles is 1. The molecule has 1 heterocycles. The van der Waals surface area contributed by atoms with Crippen molar-refractivity contribution in [2.45, 2.75) is 26.2 Å². The van der Waals surface area contributed by atoms with E-state index in [-0.39, 0.29) is 22.1 Å². The molecule has 2 aromatic rings. The van der Waals surface area contributed by atoms with Crippen LogP contribution in [0.15, 0.2) is 35.6 Å². The fourth-order valence-corrected chi connectivity index (χ4v) is 2.77. The molecule has 2 rings (SSSR count). The van der Waals surface area contributed by atoms with Crippen LogP contribution in [0.3, 0.4) is 0 Å². The molecule has 0 aliphatic heterocycles. The van der Waals surface area contributed by atoms with Gasteiger partial charge in [-0.05, 0) is 36.6 Å². The quantitative estimate of drug-likeness (QED) is 0.311. The number of hydrogen-bond donors (Lipinski definition) is 3. The second-order valence-corrected chi connectivity index (χ2v) is 5.95. The molecule has 0 radical (unpaired) electrons. The third-order valence-corrected chi connectivity index (χ3v) is 4.21. The van der Waals surface area contributed by atoms with Crippen molar-refractivity contribution in [3.63, 3.8) is 0 Å². The van der Waals surface area contributed by atoms with Crippen LogP contribution in [0, 0.1) is 11.5 Å². The lowest BCUT2D eigenvalue weighted by Gasteiger charge is -2.17. The van der Waals surface area contributed by atoms with Crippen LogP contribution in [0.4, 0.5) is 11.4 Å². The lowest BCUT2D eigenvalue weighted by molar-refractivity contribution is 0.0999. The van der Waals surface area contributed by atoms with Gasteiger partial charge in [0.2, 0.25) is 12.1 Å². The number of hydrogen-bond acceptors (Lipinski definition) is 5. The van der Waals surface area contributed by atoms with Crippen molar-refractivity contribution in [3.05, 3.63) is 52.3 Å². The molecule has 8 heteroatoms. The monoisotopic (exact) mass is 370 g/mol. The van der Waals surface area contributed by atoms with Gasteiger partial charge < -0.3 is 16.8 Å². The van der Waals surface area contributed by atoms with Crippen LogP contribution in [0.1, 0.15) is 41.3 Å². The van der Waals surface area contributed by atoms with Crippen molar-refractivity contribution in [2.24, 2.45) is 10.7 Å². The van der Waals surface area contributed by atoms with Crippen molar-refractivity contribution in [3.8, 4) is 6.19 Å². The molecule has 0 saturated carbocycles. The van der Waals surface area contributed by atoms with Gasteiger partial charge in [0.25, 0.3) is 0 Å². The lowest BCUT2D eigenvalue weighted by atomic mass is 9.96. The Morgan fingerprint density at radius 2 is 2.23 bits per heavy atom. The topological polar surface area (TPSA) is 130 Å². The smallest absolute Gasteiger partial charge is 0.249 e. The van der Waals surface area contributed by atoms with Gasteiger partial charge in [0.05, 0.1) is 22.6 Å². The Morgan fingerprint density at radius 3 is 2.81 bits per heavy atom. The molecule has 7 nitrogen and oxygen atoms in total. The summed E-state index contributed by atoms with van der Waals surface area (Å²) in [6.07, 6.45) is 7.26. The number of aliphatic imine (C=N–C) groups is 1. The Morgan fingerprint density at radius 1 is 1.46 bits per heavy atom. The van der Waals surface area contributed by atoms with Crippen LogP contribution in [-0.2, 0) is 6.42 Å². The van der Waals surface area contributed by atoms with E-state index in [1.807, 2.05) is 6.92 Å². The SMILES string of the molecule is CCCCc1c(C(N)=O)cc(C(=NC#N)Nc2cccnc2)c(Cl)c1N. The normalized spacial score (nSPS) is 11.0. The van der Waals surface area contributed by atoms with E-state index < -0.39 is 5.91 Å². The van der Waals surface area contributed by atoms with Crippen LogP contribution in [0.5, 0.6) is 0 Å². The molecular weight excluding hydrogens is 352 g/mol. The molecular formula is C18H19ClN6O. The highest BCUT2D eigenvalue weighted by atomic mass is 35.5. The minimum absolute atomic E-state index is 0.154. The number of aromatic nitrogens is 1. The number of pyridine rings is 1. The molecule has 26 heavy (non-hydrogen) atoms. The molecule has 1 aromatic carbocycles. The zero-order chi connectivity index (χ0) is 19.1. The van der Waals surface area contributed by atoms with Crippen LogP contribution in [-0.4, -0.2) is 16.7 Å². The van der Waals surface area contributed by atoms with Gasteiger partial charge in [-0.15, -0.1) is 0 Å². The first-order valence-corrected chi connectivity index (χ1v) is 8.42. The maximum atomic E-state index is 11.9. The number of rotatable bonds is 6. The number of primary amides is 1. The predicted octanol–water partition coefficient (Wildman–Crippen LogP) is 3.10. The van der Waals surface area contributed by atoms with Crippen molar-refractivity contribution in [2.75, 3.05) is 11.1 Å². The minimum Gasteiger partial charge on any atom is -0.397 e. The average molecular weight is 371 g/mol. The molecule has 0 saturated heterocycles. The van der Waals surface area contributed by atoms with E-state index in [9.17, 15) is 4.79 Å². The number of nitrogen functional groups attached to an aromatic ring is 1. The number of amidine groups is 1. The van der Waals surface area contributed by atoms with E-state index in [4.69, 9.17) is 28.3 Å². The summed E-state index contributed by atoms with van der Waals surface area (Å²) in [7, 11) is 0. The second-order valence-electron chi connectivity index (χ2n) is 5.57. The Hall–Kier alpha value is -3.11. The van der Waals surface area contributed by atoms with Crippen molar-refractivity contribution in [1.82, 2.24) is 4.98 Å². The maximum Gasteiger partial charge on any atom is 0.249 e. The van der Waals surface area contributed by atoms with Gasteiger partial charge >= 0.3 is 0 Å². The van der Waals surface area contributed by atoms with Gasteiger partial charge in [-0.1, -0.05) is 24.9 Å². The second kappa shape index (κ2) is 8.83. The fraction of sp³-hybridized carbons (Fsp3) is 0.222. The standard InChI is InChI=1S/C18H19ClN6O/c1-2-3-6-12-13(17(22)26)8-14(15(19)16(12)21)18(24-10-20)25-11-5-4-7-23-9-11/h4-5,7-9H,2-3,6,21H2,1H3,(H2,22,26)(H,24,25). The van der Waals surface area contributed by atoms with Gasteiger partial charge in [-0.3, -0.25) is 9.78 Å². The zero-order valence-corrected chi connectivity index (χ0v) is 15.0. The number of unbranched alkanes of at least 4 members (excludes halogenated alkanes) is 1. The van der Waals surface area contributed by atoms with E-state index in [0.717, 1.165) is 12.8 Å². The number of nitrogens with zero attached hydrogens (tertiary/aromatic N) is 3. The van der Waals surface area contributed by atoms with E-state index in [1.165, 1.54) is 6.07 Å². The highest BCUT2D eigenvalue weighted by molar-refractivity contribution is 6.37. The van der Waals surface area contributed by atoms with Crippen LogP contribution < -0.4 is 16.8 Å². The van der Waals surface area contributed by atoms with E-state index in [1.54, 1.807) is 30.7 Å². The minimum atomic E-state index is -0.613. The number of nitrogens with two attached hydrogens (primary N) is 2.